The Hall–Kier alpha value is -1.93. The molecule has 3 heterocycles. The minimum absolute atomic E-state index is 0.179. The Kier molecular flexibility index (Phi) is 6.28. The normalized spacial score (nSPS) is 33.0. The third-order valence-electron chi connectivity index (χ3n) is 6.99. The number of fused-ring (bicyclic) bond motifs is 1. The van der Waals surface area contributed by atoms with Gasteiger partial charge in [-0.2, -0.15) is 0 Å². The fourth-order valence-corrected chi connectivity index (χ4v) is 5.84. The second kappa shape index (κ2) is 8.20. The van der Waals surface area contributed by atoms with Gasteiger partial charge in [-0.1, -0.05) is 19.9 Å². The number of ether oxygens (including phenoxy) is 1. The summed E-state index contributed by atoms with van der Waals surface area (Å²) in [5.74, 6) is -3.44. The molecule has 0 aromatic heterocycles. The van der Waals surface area contributed by atoms with E-state index in [0.717, 1.165) is 0 Å². The fraction of sp³-hybridized carbons (Fsp3) is 0.783. The number of aliphatic carboxylic acids is 1. The third kappa shape index (κ3) is 3.67. The summed E-state index contributed by atoms with van der Waals surface area (Å²) < 4.78 is 6.23. The number of amides is 2. The zero-order valence-electron chi connectivity index (χ0n) is 19.2. The molecule has 3 aliphatic rings. The number of hydrogen-bond acceptors (Lipinski definition) is 5. The minimum atomic E-state index is -1.17. The van der Waals surface area contributed by atoms with Gasteiger partial charge >= 0.3 is 5.97 Å². The highest BCUT2D eigenvalue weighted by atomic mass is 16.5. The van der Waals surface area contributed by atoms with E-state index in [1.54, 1.807) is 11.0 Å². The second-order valence-corrected chi connectivity index (χ2v) is 10.5. The summed E-state index contributed by atoms with van der Waals surface area (Å²) in [5.41, 5.74) is -1.71. The smallest absolute Gasteiger partial charge is 0.310 e. The molecular weight excluding hydrogens is 400 g/mol. The number of rotatable bonds is 8. The van der Waals surface area contributed by atoms with Gasteiger partial charge in [-0.15, -0.1) is 6.58 Å². The number of carbonyl (C=O) groups is 3. The van der Waals surface area contributed by atoms with Crippen LogP contribution in [-0.4, -0.2) is 80.3 Å². The lowest BCUT2D eigenvalue weighted by Gasteiger charge is -2.43. The van der Waals surface area contributed by atoms with E-state index >= 15 is 0 Å². The molecule has 0 radical (unpaired) electrons. The zero-order valence-corrected chi connectivity index (χ0v) is 19.2. The highest BCUT2D eigenvalue weighted by molar-refractivity contribution is 5.98. The van der Waals surface area contributed by atoms with E-state index in [1.807, 2.05) is 34.6 Å². The number of aliphatic hydroxyl groups is 1. The molecule has 3 aliphatic heterocycles. The van der Waals surface area contributed by atoms with Crippen LogP contribution in [-0.2, 0) is 19.1 Å². The Labute approximate surface area is 184 Å². The van der Waals surface area contributed by atoms with Crippen LogP contribution in [0.3, 0.4) is 0 Å². The Bertz CT molecular complexity index is 760. The lowest BCUT2D eigenvalue weighted by molar-refractivity contribution is -0.155. The van der Waals surface area contributed by atoms with Crippen molar-refractivity contribution in [1.29, 1.82) is 0 Å². The average molecular weight is 437 g/mol. The first kappa shape index (κ1) is 23.7. The maximum Gasteiger partial charge on any atom is 0.310 e. The topological polar surface area (TPSA) is 107 Å². The molecule has 3 fully saturated rings. The summed E-state index contributed by atoms with van der Waals surface area (Å²) in [6.07, 6.45) is 2.54. The van der Waals surface area contributed by atoms with Crippen LogP contribution in [0, 0.1) is 17.8 Å². The van der Waals surface area contributed by atoms with Crippen molar-refractivity contribution in [2.75, 3.05) is 13.2 Å². The summed E-state index contributed by atoms with van der Waals surface area (Å²) in [4.78, 5) is 42.9. The molecule has 0 aliphatic carbocycles. The van der Waals surface area contributed by atoms with Gasteiger partial charge in [0.05, 0.1) is 30.6 Å². The summed E-state index contributed by atoms with van der Waals surface area (Å²) in [5, 5.41) is 20.0. The predicted octanol–water partition coefficient (Wildman–Crippen LogP) is 1.67. The number of aliphatic hydroxyl groups excluding tert-OH is 1. The van der Waals surface area contributed by atoms with Crippen molar-refractivity contribution in [3.05, 3.63) is 12.7 Å². The number of likely N-dealkylation sites (tertiary alicyclic amines) is 1. The molecule has 6 atom stereocenters. The van der Waals surface area contributed by atoms with Gasteiger partial charge in [0, 0.05) is 12.1 Å². The Morgan fingerprint density at radius 1 is 1.39 bits per heavy atom. The molecule has 2 N–H and O–H groups in total. The van der Waals surface area contributed by atoms with Gasteiger partial charge in [0.25, 0.3) is 0 Å². The Morgan fingerprint density at radius 2 is 2.03 bits per heavy atom. The van der Waals surface area contributed by atoms with E-state index in [0.29, 0.717) is 25.8 Å². The minimum Gasteiger partial charge on any atom is -0.481 e. The molecule has 31 heavy (non-hydrogen) atoms. The van der Waals surface area contributed by atoms with Gasteiger partial charge in [0.15, 0.2) is 0 Å². The molecule has 3 saturated heterocycles. The lowest BCUT2D eigenvalue weighted by atomic mass is 9.70. The first-order valence-corrected chi connectivity index (χ1v) is 11.2. The van der Waals surface area contributed by atoms with Crippen molar-refractivity contribution >= 4 is 17.8 Å². The van der Waals surface area contributed by atoms with Crippen LogP contribution >= 0.6 is 0 Å². The molecular formula is C23H36N2O6. The van der Waals surface area contributed by atoms with Crippen LogP contribution in [0.5, 0.6) is 0 Å². The molecule has 8 heteroatoms. The zero-order chi connectivity index (χ0) is 23.3. The molecule has 1 spiro atoms. The molecule has 2 amide bonds. The Morgan fingerprint density at radius 3 is 2.52 bits per heavy atom. The molecule has 174 valence electrons. The quantitative estimate of drug-likeness (QED) is 0.561. The molecule has 8 nitrogen and oxygen atoms in total. The van der Waals surface area contributed by atoms with Crippen LogP contribution in [0.15, 0.2) is 12.7 Å². The first-order chi connectivity index (χ1) is 14.4. The van der Waals surface area contributed by atoms with Crippen molar-refractivity contribution in [2.45, 2.75) is 83.2 Å². The monoisotopic (exact) mass is 436 g/mol. The SMILES string of the molecule is C=CCN(C(=O)C1N([C@@H](CO)CC(C)C)C(=O)[C@@H]2[C@@H](C(=O)O)[C@H]3CCC12O3)C(C)(C)C. The van der Waals surface area contributed by atoms with Gasteiger partial charge in [0.2, 0.25) is 11.8 Å². The van der Waals surface area contributed by atoms with Crippen LogP contribution in [0.25, 0.3) is 0 Å². The summed E-state index contributed by atoms with van der Waals surface area (Å²) in [7, 11) is 0. The maximum atomic E-state index is 14.0. The third-order valence-corrected chi connectivity index (χ3v) is 6.99. The molecule has 2 unspecified atom stereocenters. The number of carboxylic acid groups (broad SMARTS) is 1. The second-order valence-electron chi connectivity index (χ2n) is 10.5. The van der Waals surface area contributed by atoms with E-state index in [1.165, 1.54) is 4.90 Å². The summed E-state index contributed by atoms with van der Waals surface area (Å²) in [6, 6.07) is -1.54. The van der Waals surface area contributed by atoms with Crippen molar-refractivity contribution in [3.63, 3.8) is 0 Å². The molecule has 3 rings (SSSR count). The number of carbonyl (C=O) groups excluding carboxylic acids is 2. The Balaban J connectivity index is 2.13. The van der Waals surface area contributed by atoms with Gasteiger partial charge < -0.3 is 24.7 Å². The van der Waals surface area contributed by atoms with Crippen molar-refractivity contribution < 1.29 is 29.3 Å². The van der Waals surface area contributed by atoms with E-state index in [2.05, 4.69) is 6.58 Å². The predicted molar refractivity (Wildman–Crippen MR) is 114 cm³/mol. The van der Waals surface area contributed by atoms with Crippen LogP contribution in [0.2, 0.25) is 0 Å². The number of nitrogens with zero attached hydrogens (tertiary/aromatic N) is 2. The van der Waals surface area contributed by atoms with E-state index in [4.69, 9.17) is 4.74 Å². The highest BCUT2D eigenvalue weighted by Gasteiger charge is 2.75. The molecule has 0 aromatic rings. The van der Waals surface area contributed by atoms with Gasteiger partial charge in [-0.3, -0.25) is 14.4 Å². The summed E-state index contributed by atoms with van der Waals surface area (Å²) in [6.45, 7) is 13.5. The van der Waals surface area contributed by atoms with Crippen molar-refractivity contribution in [2.24, 2.45) is 17.8 Å². The lowest BCUT2D eigenvalue weighted by Crippen LogP contribution is -2.61. The van der Waals surface area contributed by atoms with E-state index in [-0.39, 0.29) is 24.3 Å². The van der Waals surface area contributed by atoms with Crippen molar-refractivity contribution in [3.8, 4) is 0 Å². The standard InChI is InChI=1S/C23H36N2O6/c1-7-10-24(22(4,5)6)20(28)18-23-9-8-15(31-23)16(21(29)30)17(23)19(27)25(18)14(12-26)11-13(2)3/h7,13-18,26H,1,8-12H2,2-6H3,(H,29,30)/t14-,15-,16+,17+,18?,23?/m1/s1. The van der Waals surface area contributed by atoms with E-state index in [9.17, 15) is 24.6 Å². The van der Waals surface area contributed by atoms with Gasteiger partial charge in [-0.25, -0.2) is 0 Å². The van der Waals surface area contributed by atoms with Crippen LogP contribution in [0.4, 0.5) is 0 Å². The molecule has 0 saturated carbocycles. The first-order valence-electron chi connectivity index (χ1n) is 11.2. The molecule has 2 bridgehead atoms. The van der Waals surface area contributed by atoms with Crippen LogP contribution in [0.1, 0.15) is 53.9 Å². The van der Waals surface area contributed by atoms with Crippen LogP contribution < -0.4 is 0 Å². The highest BCUT2D eigenvalue weighted by Crippen LogP contribution is 2.59. The summed E-state index contributed by atoms with van der Waals surface area (Å²) >= 11 is 0. The van der Waals surface area contributed by atoms with Crippen molar-refractivity contribution in [1.82, 2.24) is 9.80 Å². The number of carboxylic acids is 1. The van der Waals surface area contributed by atoms with Gasteiger partial charge in [-0.05, 0) is 46.0 Å². The average Bonchev–Trinajstić information content (AvgIpc) is 3.30. The van der Waals surface area contributed by atoms with Gasteiger partial charge in [0.1, 0.15) is 11.6 Å². The molecule has 0 aromatic carbocycles. The van der Waals surface area contributed by atoms with E-state index < -0.39 is 47.1 Å². The number of hydrogen-bond donors (Lipinski definition) is 2. The largest absolute Gasteiger partial charge is 0.481 e. The fourth-order valence-electron chi connectivity index (χ4n) is 5.84. The maximum absolute atomic E-state index is 14.0.